The summed E-state index contributed by atoms with van der Waals surface area (Å²) in [7, 11) is 1.94. The lowest BCUT2D eigenvalue weighted by molar-refractivity contribution is 0.208. The van der Waals surface area contributed by atoms with Crippen LogP contribution in [0.15, 0.2) is 16.9 Å². The highest BCUT2D eigenvalue weighted by Crippen LogP contribution is 2.37. The van der Waals surface area contributed by atoms with Gasteiger partial charge < -0.3 is 14.4 Å². The first kappa shape index (κ1) is 13.3. The molecule has 1 saturated heterocycles. The molecule has 6 heteroatoms. The molecule has 2 aromatic rings. The summed E-state index contributed by atoms with van der Waals surface area (Å²) in [5.41, 5.74) is 0.0381. The Morgan fingerprint density at radius 3 is 2.85 bits per heavy atom. The van der Waals surface area contributed by atoms with Gasteiger partial charge in [-0.15, -0.1) is 0 Å². The molecule has 108 valence electrons. The van der Waals surface area contributed by atoms with Crippen LogP contribution in [0.3, 0.4) is 0 Å². The summed E-state index contributed by atoms with van der Waals surface area (Å²) in [6.07, 6.45) is 7.97. The van der Waals surface area contributed by atoms with Gasteiger partial charge in [0, 0.05) is 19.4 Å². The molecule has 20 heavy (non-hydrogen) atoms. The summed E-state index contributed by atoms with van der Waals surface area (Å²) in [6, 6.07) is 0. The summed E-state index contributed by atoms with van der Waals surface area (Å²) < 4.78 is 7.50. The smallest absolute Gasteiger partial charge is 0.238 e. The topological polar surface area (TPSA) is 68.8 Å². The Bertz CT molecular complexity index is 562. The van der Waals surface area contributed by atoms with Crippen LogP contribution in [0.1, 0.15) is 38.5 Å². The van der Waals surface area contributed by atoms with Gasteiger partial charge in [-0.1, -0.05) is 18.5 Å². The standard InChI is InChI=1S/C14H21N5O/c1-3-4-14(5-7-15-8-6-14)13-17-11(18-20-13)12-16-9-10-19(12)2/h9-10,15H,3-8H2,1-2H3. The van der Waals surface area contributed by atoms with E-state index in [0.29, 0.717) is 5.82 Å². The molecule has 0 bridgehead atoms. The summed E-state index contributed by atoms with van der Waals surface area (Å²) >= 11 is 0. The van der Waals surface area contributed by atoms with Crippen molar-refractivity contribution in [2.24, 2.45) is 7.05 Å². The van der Waals surface area contributed by atoms with Gasteiger partial charge in [-0.25, -0.2) is 4.98 Å². The van der Waals surface area contributed by atoms with Crippen LogP contribution in [0.5, 0.6) is 0 Å². The first-order valence-corrected chi connectivity index (χ1v) is 7.28. The lowest BCUT2D eigenvalue weighted by atomic mass is 9.75. The zero-order chi connectivity index (χ0) is 14.0. The van der Waals surface area contributed by atoms with E-state index < -0.39 is 0 Å². The summed E-state index contributed by atoms with van der Waals surface area (Å²) in [5, 5.41) is 7.54. The van der Waals surface area contributed by atoms with Crippen molar-refractivity contribution >= 4 is 0 Å². The largest absolute Gasteiger partial charge is 0.338 e. The fourth-order valence-electron chi connectivity index (χ4n) is 3.07. The third-order valence-corrected chi connectivity index (χ3v) is 4.19. The second-order valence-electron chi connectivity index (χ2n) is 5.57. The van der Waals surface area contributed by atoms with E-state index in [1.165, 1.54) is 0 Å². The second-order valence-corrected chi connectivity index (χ2v) is 5.57. The van der Waals surface area contributed by atoms with E-state index in [1.54, 1.807) is 6.20 Å². The summed E-state index contributed by atoms with van der Waals surface area (Å²) in [5.74, 6) is 2.11. The number of hydrogen-bond donors (Lipinski definition) is 1. The van der Waals surface area contributed by atoms with E-state index in [4.69, 9.17) is 4.52 Å². The monoisotopic (exact) mass is 275 g/mol. The van der Waals surface area contributed by atoms with E-state index in [1.807, 2.05) is 17.8 Å². The maximum atomic E-state index is 5.60. The maximum absolute atomic E-state index is 5.60. The van der Waals surface area contributed by atoms with Gasteiger partial charge in [-0.05, 0) is 32.4 Å². The Morgan fingerprint density at radius 1 is 1.40 bits per heavy atom. The average molecular weight is 275 g/mol. The first-order chi connectivity index (χ1) is 9.75. The molecule has 1 fully saturated rings. The predicted octanol–water partition coefficient (Wildman–Crippen LogP) is 1.89. The van der Waals surface area contributed by atoms with E-state index in [-0.39, 0.29) is 5.41 Å². The van der Waals surface area contributed by atoms with Crippen LogP contribution in [-0.2, 0) is 12.5 Å². The van der Waals surface area contributed by atoms with Gasteiger partial charge in [0.05, 0.1) is 5.41 Å². The molecule has 3 heterocycles. The van der Waals surface area contributed by atoms with Gasteiger partial charge in [-0.3, -0.25) is 0 Å². The zero-order valence-electron chi connectivity index (χ0n) is 12.1. The Kier molecular flexibility index (Phi) is 3.56. The Morgan fingerprint density at radius 2 is 2.20 bits per heavy atom. The van der Waals surface area contributed by atoms with Crippen LogP contribution in [0, 0.1) is 0 Å². The molecule has 3 rings (SSSR count). The maximum Gasteiger partial charge on any atom is 0.238 e. The first-order valence-electron chi connectivity index (χ1n) is 7.28. The van der Waals surface area contributed by atoms with Gasteiger partial charge in [0.15, 0.2) is 5.82 Å². The molecule has 1 N–H and O–H groups in total. The van der Waals surface area contributed by atoms with Crippen LogP contribution in [-0.4, -0.2) is 32.8 Å². The lowest BCUT2D eigenvalue weighted by Gasteiger charge is -2.34. The lowest BCUT2D eigenvalue weighted by Crippen LogP contribution is -2.40. The van der Waals surface area contributed by atoms with E-state index in [9.17, 15) is 0 Å². The highest BCUT2D eigenvalue weighted by Gasteiger charge is 2.38. The van der Waals surface area contributed by atoms with Crippen molar-refractivity contribution in [2.75, 3.05) is 13.1 Å². The third kappa shape index (κ3) is 2.24. The van der Waals surface area contributed by atoms with Crippen LogP contribution in [0.25, 0.3) is 11.6 Å². The Labute approximate surface area is 118 Å². The molecular formula is C14H21N5O. The Hall–Kier alpha value is -1.69. The number of hydrogen-bond acceptors (Lipinski definition) is 5. The van der Waals surface area contributed by atoms with Crippen LogP contribution < -0.4 is 5.32 Å². The second kappa shape index (κ2) is 5.36. The molecule has 0 unspecified atom stereocenters. The van der Waals surface area contributed by atoms with Crippen molar-refractivity contribution in [1.29, 1.82) is 0 Å². The zero-order valence-corrected chi connectivity index (χ0v) is 12.1. The molecule has 0 aliphatic carbocycles. The Balaban J connectivity index is 1.93. The molecule has 2 aromatic heterocycles. The third-order valence-electron chi connectivity index (χ3n) is 4.19. The summed E-state index contributed by atoms with van der Waals surface area (Å²) in [4.78, 5) is 8.92. The van der Waals surface area contributed by atoms with Crippen LogP contribution in [0.4, 0.5) is 0 Å². The quantitative estimate of drug-likeness (QED) is 0.922. The fraction of sp³-hybridized carbons (Fsp3) is 0.643. The normalized spacial score (nSPS) is 18.3. The summed E-state index contributed by atoms with van der Waals surface area (Å²) in [6.45, 7) is 4.24. The molecule has 0 atom stereocenters. The van der Waals surface area contributed by atoms with Crippen molar-refractivity contribution in [2.45, 2.75) is 38.0 Å². The van der Waals surface area contributed by atoms with E-state index >= 15 is 0 Å². The number of nitrogens with zero attached hydrogens (tertiary/aromatic N) is 4. The molecule has 1 aliphatic heterocycles. The van der Waals surface area contributed by atoms with Crippen LogP contribution >= 0.6 is 0 Å². The molecular weight excluding hydrogens is 254 g/mol. The minimum atomic E-state index is 0.0381. The van der Waals surface area contributed by atoms with Crippen LogP contribution in [0.2, 0.25) is 0 Å². The number of aryl methyl sites for hydroxylation is 1. The number of rotatable bonds is 4. The number of imidazole rings is 1. The van der Waals surface area contributed by atoms with Gasteiger partial charge in [0.1, 0.15) is 0 Å². The van der Waals surface area contributed by atoms with Crippen molar-refractivity contribution in [1.82, 2.24) is 25.0 Å². The molecule has 6 nitrogen and oxygen atoms in total. The molecule has 1 aliphatic rings. The van der Waals surface area contributed by atoms with Crippen molar-refractivity contribution in [3.05, 3.63) is 18.3 Å². The van der Waals surface area contributed by atoms with E-state index in [2.05, 4.69) is 27.4 Å². The van der Waals surface area contributed by atoms with Gasteiger partial charge in [-0.2, -0.15) is 4.98 Å². The predicted molar refractivity (Wildman–Crippen MR) is 75.2 cm³/mol. The minimum Gasteiger partial charge on any atom is -0.338 e. The molecule has 0 amide bonds. The number of piperidine rings is 1. The molecule has 0 saturated carbocycles. The van der Waals surface area contributed by atoms with Gasteiger partial charge in [0.25, 0.3) is 0 Å². The number of nitrogens with one attached hydrogen (secondary N) is 1. The molecule has 0 radical (unpaired) electrons. The average Bonchev–Trinajstić information content (AvgIpc) is 3.08. The van der Waals surface area contributed by atoms with Crippen molar-refractivity contribution in [3.8, 4) is 11.6 Å². The fourth-order valence-corrected chi connectivity index (χ4v) is 3.07. The van der Waals surface area contributed by atoms with Crippen molar-refractivity contribution < 1.29 is 4.52 Å². The molecule has 0 spiro atoms. The van der Waals surface area contributed by atoms with Gasteiger partial charge >= 0.3 is 0 Å². The highest BCUT2D eigenvalue weighted by atomic mass is 16.5. The van der Waals surface area contributed by atoms with E-state index in [0.717, 1.165) is 50.5 Å². The van der Waals surface area contributed by atoms with Gasteiger partial charge in [0.2, 0.25) is 11.7 Å². The minimum absolute atomic E-state index is 0.0381. The number of aromatic nitrogens is 4. The molecule has 0 aromatic carbocycles. The van der Waals surface area contributed by atoms with Crippen molar-refractivity contribution in [3.63, 3.8) is 0 Å². The SMILES string of the molecule is CCCC1(c2nc(-c3nccn3C)no2)CCNCC1. The highest BCUT2D eigenvalue weighted by molar-refractivity contribution is 5.42.